The molecule has 0 radical (unpaired) electrons. The Morgan fingerprint density at radius 3 is 2.62 bits per heavy atom. The number of nitrogen functional groups attached to an aromatic ring is 1. The normalized spacial score (nSPS) is 24.9. The second-order valence-corrected chi connectivity index (χ2v) is 9.53. The maximum Gasteiger partial charge on any atom is 0.237 e. The van der Waals surface area contributed by atoms with Gasteiger partial charge in [0.25, 0.3) is 0 Å². The summed E-state index contributed by atoms with van der Waals surface area (Å²) in [5.74, 6) is 0.709. The second-order valence-electron chi connectivity index (χ2n) is 9.53. The van der Waals surface area contributed by atoms with Crippen LogP contribution in [0.25, 0.3) is 0 Å². The van der Waals surface area contributed by atoms with Crippen LogP contribution in [0.1, 0.15) is 81.4 Å². The van der Waals surface area contributed by atoms with Crippen LogP contribution in [0.2, 0.25) is 0 Å². The van der Waals surface area contributed by atoms with Crippen molar-refractivity contribution < 1.29 is 9.90 Å². The molecule has 0 saturated heterocycles. The van der Waals surface area contributed by atoms with Crippen LogP contribution in [0.4, 0.5) is 5.69 Å². The van der Waals surface area contributed by atoms with E-state index in [9.17, 15) is 9.90 Å². The molecule has 1 unspecified atom stereocenters. The van der Waals surface area contributed by atoms with Gasteiger partial charge in [0, 0.05) is 18.8 Å². The Bertz CT molecular complexity index is 708. The number of carbonyl (C=O) groups excluding carboxylic acids is 1. The van der Waals surface area contributed by atoms with E-state index in [0.717, 1.165) is 44.3 Å². The lowest BCUT2D eigenvalue weighted by Crippen LogP contribution is -2.49. The zero-order valence-electron chi connectivity index (χ0n) is 17.7. The van der Waals surface area contributed by atoms with Gasteiger partial charge < -0.3 is 21.1 Å². The van der Waals surface area contributed by atoms with Gasteiger partial charge in [-0.05, 0) is 61.3 Å². The van der Waals surface area contributed by atoms with Crippen molar-refractivity contribution in [3.8, 4) is 0 Å². The Morgan fingerprint density at radius 2 is 1.86 bits per heavy atom. The minimum Gasteiger partial charge on any atom is -0.399 e. The van der Waals surface area contributed by atoms with Gasteiger partial charge in [0.1, 0.15) is 0 Å². The van der Waals surface area contributed by atoms with Crippen molar-refractivity contribution in [3.05, 3.63) is 29.3 Å². The predicted octanol–water partition coefficient (Wildman–Crippen LogP) is 3.56. The number of carbonyl (C=O) groups is 1. The number of amides is 1. The largest absolute Gasteiger partial charge is 0.399 e. The number of benzene rings is 1. The number of anilines is 1. The maximum atomic E-state index is 13.2. The van der Waals surface area contributed by atoms with Crippen LogP contribution in [0.3, 0.4) is 0 Å². The molecule has 3 aliphatic rings. The third-order valence-corrected chi connectivity index (χ3v) is 7.37. The molecule has 4 N–H and O–H groups in total. The van der Waals surface area contributed by atoms with E-state index in [4.69, 9.17) is 5.73 Å². The minimum absolute atomic E-state index is 0.169. The standard InChI is InChI=1S/C24H37N3O2/c25-20-9-10-21-19(15-20)11-14-27(23(21)18-7-3-1-4-8-18)22(28)16-26-17-24(29)12-5-2-6-13-24/h9-10,15,18,23,26,29H,1-8,11-14,16-17,25H2. The molecule has 4 rings (SSSR count). The van der Waals surface area contributed by atoms with E-state index >= 15 is 0 Å². The molecule has 1 aliphatic heterocycles. The molecule has 29 heavy (non-hydrogen) atoms. The van der Waals surface area contributed by atoms with Gasteiger partial charge in [0.05, 0.1) is 18.2 Å². The van der Waals surface area contributed by atoms with E-state index in [2.05, 4.69) is 22.3 Å². The molecule has 1 aromatic carbocycles. The number of nitrogens with two attached hydrogens (primary N) is 1. The Hall–Kier alpha value is -1.59. The third kappa shape index (κ3) is 4.77. The van der Waals surface area contributed by atoms with Crippen molar-refractivity contribution in [1.82, 2.24) is 10.2 Å². The molecule has 0 spiro atoms. The summed E-state index contributed by atoms with van der Waals surface area (Å²) < 4.78 is 0. The lowest BCUT2D eigenvalue weighted by atomic mass is 9.77. The Labute approximate surface area is 175 Å². The van der Waals surface area contributed by atoms with E-state index in [1.54, 1.807) is 0 Å². The van der Waals surface area contributed by atoms with Gasteiger partial charge in [-0.25, -0.2) is 0 Å². The highest BCUT2D eigenvalue weighted by Gasteiger charge is 2.37. The van der Waals surface area contributed by atoms with Gasteiger partial charge >= 0.3 is 0 Å². The summed E-state index contributed by atoms with van der Waals surface area (Å²) in [5.41, 5.74) is 8.83. The highest BCUT2D eigenvalue weighted by Crippen LogP contribution is 2.42. The van der Waals surface area contributed by atoms with Crippen molar-refractivity contribution in [3.63, 3.8) is 0 Å². The zero-order valence-corrected chi connectivity index (χ0v) is 17.7. The molecule has 1 heterocycles. The second kappa shape index (κ2) is 9.05. The van der Waals surface area contributed by atoms with E-state index in [1.807, 2.05) is 6.07 Å². The number of aliphatic hydroxyl groups is 1. The van der Waals surface area contributed by atoms with E-state index in [-0.39, 0.29) is 11.9 Å². The fraction of sp³-hybridized carbons (Fsp3) is 0.708. The van der Waals surface area contributed by atoms with Crippen LogP contribution >= 0.6 is 0 Å². The summed E-state index contributed by atoms with van der Waals surface area (Å²) in [6.45, 7) is 1.60. The average molecular weight is 400 g/mol. The van der Waals surface area contributed by atoms with Crippen molar-refractivity contribution in [2.45, 2.75) is 82.3 Å². The van der Waals surface area contributed by atoms with Gasteiger partial charge in [0.15, 0.2) is 0 Å². The van der Waals surface area contributed by atoms with E-state index in [1.165, 1.54) is 49.7 Å². The minimum atomic E-state index is -0.632. The van der Waals surface area contributed by atoms with E-state index in [0.29, 0.717) is 19.0 Å². The molecular formula is C24H37N3O2. The summed E-state index contributed by atoms with van der Waals surface area (Å²) >= 11 is 0. The lowest BCUT2D eigenvalue weighted by molar-refractivity contribution is -0.135. The van der Waals surface area contributed by atoms with Gasteiger partial charge in [-0.2, -0.15) is 0 Å². The van der Waals surface area contributed by atoms with Crippen molar-refractivity contribution in [2.75, 3.05) is 25.4 Å². The monoisotopic (exact) mass is 399 g/mol. The summed E-state index contributed by atoms with van der Waals surface area (Å²) in [6.07, 6.45) is 12.2. The number of hydrogen-bond donors (Lipinski definition) is 3. The average Bonchev–Trinajstić information content (AvgIpc) is 2.73. The molecule has 1 aromatic rings. The van der Waals surface area contributed by atoms with Crippen LogP contribution in [0, 0.1) is 5.92 Å². The summed E-state index contributed by atoms with van der Waals surface area (Å²) in [7, 11) is 0. The molecule has 1 amide bonds. The van der Waals surface area contributed by atoms with E-state index < -0.39 is 5.60 Å². The molecule has 2 fully saturated rings. The molecular weight excluding hydrogens is 362 g/mol. The highest BCUT2D eigenvalue weighted by molar-refractivity contribution is 5.79. The Kier molecular flexibility index (Phi) is 6.45. The molecule has 0 bridgehead atoms. The first-order valence-electron chi connectivity index (χ1n) is 11.7. The molecule has 0 aromatic heterocycles. The molecule has 2 aliphatic carbocycles. The van der Waals surface area contributed by atoms with Crippen LogP contribution in [-0.2, 0) is 11.2 Å². The first-order chi connectivity index (χ1) is 14.1. The maximum absolute atomic E-state index is 13.2. The smallest absolute Gasteiger partial charge is 0.237 e. The Balaban J connectivity index is 1.45. The number of fused-ring (bicyclic) bond motifs is 1. The topological polar surface area (TPSA) is 78.6 Å². The van der Waals surface area contributed by atoms with Crippen LogP contribution in [0.5, 0.6) is 0 Å². The van der Waals surface area contributed by atoms with Gasteiger partial charge in [0.2, 0.25) is 5.91 Å². The van der Waals surface area contributed by atoms with Crippen LogP contribution in [-0.4, -0.2) is 41.1 Å². The van der Waals surface area contributed by atoms with Crippen LogP contribution in [0.15, 0.2) is 18.2 Å². The fourth-order valence-electron chi connectivity index (χ4n) is 5.81. The third-order valence-electron chi connectivity index (χ3n) is 7.37. The highest BCUT2D eigenvalue weighted by atomic mass is 16.3. The van der Waals surface area contributed by atoms with Crippen molar-refractivity contribution in [2.24, 2.45) is 5.92 Å². The summed E-state index contributed by atoms with van der Waals surface area (Å²) in [4.78, 5) is 15.3. The van der Waals surface area contributed by atoms with Gasteiger partial charge in [-0.3, -0.25) is 4.79 Å². The number of nitrogens with one attached hydrogen (secondary N) is 1. The molecule has 5 heteroatoms. The lowest BCUT2D eigenvalue weighted by Gasteiger charge is -2.43. The van der Waals surface area contributed by atoms with Crippen molar-refractivity contribution in [1.29, 1.82) is 0 Å². The molecule has 2 saturated carbocycles. The molecule has 1 atom stereocenters. The summed E-state index contributed by atoms with van der Waals surface area (Å²) in [6, 6.07) is 6.41. The zero-order chi connectivity index (χ0) is 20.3. The quantitative estimate of drug-likeness (QED) is 0.662. The SMILES string of the molecule is Nc1ccc2c(c1)CCN(C(=O)CNCC1(O)CCCCC1)C2C1CCCCC1. The first-order valence-corrected chi connectivity index (χ1v) is 11.7. The number of hydrogen-bond acceptors (Lipinski definition) is 4. The Morgan fingerprint density at radius 1 is 1.14 bits per heavy atom. The first kappa shape index (κ1) is 20.7. The fourth-order valence-corrected chi connectivity index (χ4v) is 5.81. The molecule has 5 nitrogen and oxygen atoms in total. The number of rotatable bonds is 5. The van der Waals surface area contributed by atoms with Gasteiger partial charge in [-0.15, -0.1) is 0 Å². The predicted molar refractivity (Wildman–Crippen MR) is 116 cm³/mol. The van der Waals surface area contributed by atoms with Gasteiger partial charge in [-0.1, -0.05) is 44.6 Å². The van der Waals surface area contributed by atoms with Crippen molar-refractivity contribution >= 4 is 11.6 Å². The number of nitrogens with zero attached hydrogens (tertiary/aromatic N) is 1. The molecule has 160 valence electrons. The summed E-state index contributed by atoms with van der Waals surface area (Å²) in [5, 5.41) is 14.0. The van der Waals surface area contributed by atoms with Crippen LogP contribution < -0.4 is 11.1 Å².